The van der Waals surface area contributed by atoms with Crippen LogP contribution in [0.5, 0.6) is 5.75 Å². The number of para-hydroxylation sites is 1. The van der Waals surface area contributed by atoms with Gasteiger partial charge in [-0.2, -0.15) is 0 Å². The van der Waals surface area contributed by atoms with Crippen LogP contribution in [0.15, 0.2) is 35.6 Å². The van der Waals surface area contributed by atoms with Gasteiger partial charge in [-0.25, -0.2) is 4.79 Å². The number of carbonyl (C=O) groups is 2. The number of rotatable bonds is 5. The van der Waals surface area contributed by atoms with Crippen molar-refractivity contribution in [1.29, 1.82) is 0 Å². The number of benzene rings is 1. The van der Waals surface area contributed by atoms with Crippen molar-refractivity contribution in [2.75, 3.05) is 13.2 Å². The van der Waals surface area contributed by atoms with Gasteiger partial charge in [-0.1, -0.05) is 18.2 Å². The third-order valence-electron chi connectivity index (χ3n) is 3.46. The molecular weight excluding hydrogens is 284 g/mol. The van der Waals surface area contributed by atoms with Gasteiger partial charge >= 0.3 is 11.9 Å². The molecule has 22 heavy (non-hydrogen) atoms. The lowest BCUT2D eigenvalue weighted by atomic mass is 9.85. The van der Waals surface area contributed by atoms with E-state index in [4.69, 9.17) is 14.2 Å². The average Bonchev–Trinajstić information content (AvgIpc) is 2.47. The largest absolute Gasteiger partial charge is 0.466 e. The standard InChI is InChI=1S/C17H20O5/c1-4-20-15(18)10-13-12-8-6-7-9-14(12)22-11(3)16(13)17(19)21-5-2/h6-9,13H,4-5,10H2,1-3H3. The number of esters is 2. The van der Waals surface area contributed by atoms with Gasteiger partial charge in [-0.3, -0.25) is 4.79 Å². The van der Waals surface area contributed by atoms with Crippen LogP contribution < -0.4 is 4.74 Å². The van der Waals surface area contributed by atoms with Crippen LogP contribution in [-0.4, -0.2) is 25.2 Å². The lowest BCUT2D eigenvalue weighted by Crippen LogP contribution is -2.24. The summed E-state index contributed by atoms with van der Waals surface area (Å²) in [5.74, 6) is -0.0977. The SMILES string of the molecule is CCOC(=O)CC1C(C(=O)OCC)=C(C)Oc2ccccc21. The summed E-state index contributed by atoms with van der Waals surface area (Å²) < 4.78 is 15.8. The zero-order valence-corrected chi connectivity index (χ0v) is 13.0. The topological polar surface area (TPSA) is 61.8 Å². The molecule has 0 bridgehead atoms. The molecule has 0 aliphatic carbocycles. The Kier molecular flexibility index (Phi) is 5.20. The monoisotopic (exact) mass is 304 g/mol. The van der Waals surface area contributed by atoms with Crippen molar-refractivity contribution >= 4 is 11.9 Å². The highest BCUT2D eigenvalue weighted by Crippen LogP contribution is 2.41. The second-order valence-electron chi connectivity index (χ2n) is 4.89. The molecule has 1 unspecified atom stereocenters. The zero-order valence-electron chi connectivity index (χ0n) is 13.0. The van der Waals surface area contributed by atoms with Gasteiger partial charge in [0.1, 0.15) is 11.5 Å². The van der Waals surface area contributed by atoms with Gasteiger partial charge in [-0.05, 0) is 26.8 Å². The Balaban J connectivity index is 2.40. The summed E-state index contributed by atoms with van der Waals surface area (Å²) in [4.78, 5) is 24.2. The molecule has 1 aliphatic rings. The minimum atomic E-state index is -0.455. The van der Waals surface area contributed by atoms with E-state index >= 15 is 0 Å². The maximum atomic E-state index is 12.3. The first-order valence-corrected chi connectivity index (χ1v) is 7.38. The first-order chi connectivity index (χ1) is 10.6. The molecule has 0 spiro atoms. The van der Waals surface area contributed by atoms with E-state index in [9.17, 15) is 9.59 Å². The number of carbonyl (C=O) groups excluding carboxylic acids is 2. The first-order valence-electron chi connectivity index (χ1n) is 7.38. The van der Waals surface area contributed by atoms with Gasteiger partial charge in [0.2, 0.25) is 0 Å². The summed E-state index contributed by atoms with van der Waals surface area (Å²) in [5, 5.41) is 0. The minimum absolute atomic E-state index is 0.0830. The van der Waals surface area contributed by atoms with Crippen LogP contribution >= 0.6 is 0 Å². The van der Waals surface area contributed by atoms with E-state index in [1.54, 1.807) is 20.8 Å². The zero-order chi connectivity index (χ0) is 16.1. The first kappa shape index (κ1) is 16.1. The van der Waals surface area contributed by atoms with E-state index in [0.29, 0.717) is 23.7 Å². The van der Waals surface area contributed by atoms with Crippen LogP contribution in [0.1, 0.15) is 38.7 Å². The average molecular weight is 304 g/mol. The number of allylic oxidation sites excluding steroid dienone is 1. The number of fused-ring (bicyclic) bond motifs is 1. The molecule has 2 rings (SSSR count). The van der Waals surface area contributed by atoms with Crippen molar-refractivity contribution in [2.45, 2.75) is 33.1 Å². The van der Waals surface area contributed by atoms with Crippen LogP contribution in [0.3, 0.4) is 0 Å². The summed E-state index contributed by atoms with van der Waals surface area (Å²) in [6.07, 6.45) is 0.0830. The van der Waals surface area contributed by atoms with Gasteiger partial charge in [0.25, 0.3) is 0 Å². The molecule has 1 aromatic carbocycles. The second-order valence-corrected chi connectivity index (χ2v) is 4.89. The van der Waals surface area contributed by atoms with E-state index in [1.807, 2.05) is 24.3 Å². The van der Waals surface area contributed by atoms with Crippen molar-refractivity contribution < 1.29 is 23.8 Å². The van der Waals surface area contributed by atoms with E-state index in [-0.39, 0.29) is 19.0 Å². The highest BCUT2D eigenvalue weighted by molar-refractivity contribution is 5.92. The predicted molar refractivity (Wildman–Crippen MR) is 80.4 cm³/mol. The maximum absolute atomic E-state index is 12.3. The summed E-state index contributed by atoms with van der Waals surface area (Å²) >= 11 is 0. The van der Waals surface area contributed by atoms with Gasteiger partial charge in [0.15, 0.2) is 0 Å². The van der Waals surface area contributed by atoms with Gasteiger partial charge in [-0.15, -0.1) is 0 Å². The van der Waals surface area contributed by atoms with Crippen molar-refractivity contribution in [3.8, 4) is 5.75 Å². The second kappa shape index (κ2) is 7.11. The Morgan fingerprint density at radius 1 is 1.14 bits per heavy atom. The van der Waals surface area contributed by atoms with Gasteiger partial charge in [0.05, 0.1) is 25.2 Å². The van der Waals surface area contributed by atoms with E-state index in [0.717, 1.165) is 5.56 Å². The maximum Gasteiger partial charge on any atom is 0.338 e. The summed E-state index contributed by atoms with van der Waals surface area (Å²) in [6, 6.07) is 7.37. The minimum Gasteiger partial charge on any atom is -0.466 e. The fourth-order valence-electron chi connectivity index (χ4n) is 2.58. The molecule has 118 valence electrons. The van der Waals surface area contributed by atoms with Crippen LogP contribution in [0.2, 0.25) is 0 Å². The Labute approximate surface area is 129 Å². The summed E-state index contributed by atoms with van der Waals surface area (Å²) in [5.41, 5.74) is 1.18. The smallest absolute Gasteiger partial charge is 0.338 e. The third-order valence-corrected chi connectivity index (χ3v) is 3.46. The lowest BCUT2D eigenvalue weighted by molar-refractivity contribution is -0.143. The molecule has 0 amide bonds. The molecule has 0 fully saturated rings. The van der Waals surface area contributed by atoms with Crippen LogP contribution in [-0.2, 0) is 19.1 Å². The van der Waals surface area contributed by atoms with Crippen LogP contribution in [0, 0.1) is 0 Å². The van der Waals surface area contributed by atoms with Crippen molar-refractivity contribution in [1.82, 2.24) is 0 Å². The van der Waals surface area contributed by atoms with Gasteiger partial charge < -0.3 is 14.2 Å². The molecule has 0 N–H and O–H groups in total. The lowest BCUT2D eigenvalue weighted by Gasteiger charge is -2.28. The molecule has 0 saturated carbocycles. The Hall–Kier alpha value is -2.30. The van der Waals surface area contributed by atoms with Crippen molar-refractivity contribution in [3.05, 3.63) is 41.2 Å². The normalized spacial score (nSPS) is 16.6. The fraction of sp³-hybridized carbons (Fsp3) is 0.412. The molecule has 5 heteroatoms. The van der Waals surface area contributed by atoms with Gasteiger partial charge in [0, 0.05) is 11.5 Å². The molecule has 0 saturated heterocycles. The molecule has 0 radical (unpaired) electrons. The van der Waals surface area contributed by atoms with E-state index in [1.165, 1.54) is 0 Å². The summed E-state index contributed by atoms with van der Waals surface area (Å²) in [7, 11) is 0. The quantitative estimate of drug-likeness (QED) is 0.783. The number of hydrogen-bond donors (Lipinski definition) is 0. The van der Waals surface area contributed by atoms with E-state index in [2.05, 4.69) is 0 Å². The highest BCUT2D eigenvalue weighted by Gasteiger charge is 2.35. The molecular formula is C17H20O5. The van der Waals surface area contributed by atoms with E-state index < -0.39 is 11.9 Å². The molecule has 1 heterocycles. The number of ether oxygens (including phenoxy) is 3. The number of hydrogen-bond acceptors (Lipinski definition) is 5. The third kappa shape index (κ3) is 3.30. The summed E-state index contributed by atoms with van der Waals surface area (Å²) in [6.45, 7) is 5.78. The fourth-order valence-corrected chi connectivity index (χ4v) is 2.58. The molecule has 1 aromatic rings. The molecule has 1 aliphatic heterocycles. The highest BCUT2D eigenvalue weighted by atomic mass is 16.5. The molecule has 5 nitrogen and oxygen atoms in total. The van der Waals surface area contributed by atoms with Crippen molar-refractivity contribution in [3.63, 3.8) is 0 Å². The van der Waals surface area contributed by atoms with Crippen molar-refractivity contribution in [2.24, 2.45) is 0 Å². The molecule has 1 atom stereocenters. The van der Waals surface area contributed by atoms with Crippen LogP contribution in [0.4, 0.5) is 0 Å². The molecule has 0 aromatic heterocycles. The Morgan fingerprint density at radius 3 is 2.50 bits per heavy atom. The predicted octanol–water partition coefficient (Wildman–Crippen LogP) is 2.95. The Bertz CT molecular complexity index is 603. The van der Waals surface area contributed by atoms with Crippen LogP contribution in [0.25, 0.3) is 0 Å². The Morgan fingerprint density at radius 2 is 1.82 bits per heavy atom.